The molecule has 0 spiro atoms. The maximum Gasteiger partial charge on any atom is 0.329 e. The molecule has 172 valence electrons. The molecule has 2 unspecified atom stereocenters. The van der Waals surface area contributed by atoms with Crippen molar-refractivity contribution in [2.45, 2.75) is 70.1 Å². The number of aromatic nitrogens is 2. The number of aliphatic hydroxyl groups is 1. The molecule has 0 aromatic carbocycles. The number of ether oxygens (including phenoxy) is 1. The summed E-state index contributed by atoms with van der Waals surface area (Å²) in [5.74, 6) is 0.713. The van der Waals surface area contributed by atoms with Crippen LogP contribution in [0.5, 0.6) is 0 Å². The zero-order valence-electron chi connectivity index (χ0n) is 18.3. The SMILES string of the molecule is CC(OC(=O)[C@@H]1CC(O)CN1C(=O)C12CC3CC(CC(C3)C1)C2)C(=O)Nc1ncccn1. The molecule has 1 aliphatic heterocycles. The number of esters is 1. The van der Waals surface area contributed by atoms with Gasteiger partial charge >= 0.3 is 5.97 Å². The number of carbonyl (C=O) groups excluding carboxylic acids is 3. The molecule has 4 aliphatic carbocycles. The molecule has 3 atom stereocenters. The fraction of sp³-hybridized carbons (Fsp3) is 0.696. The molecule has 5 fully saturated rings. The third kappa shape index (κ3) is 3.87. The Morgan fingerprint density at radius 1 is 1.09 bits per heavy atom. The maximum atomic E-state index is 13.7. The Hall–Kier alpha value is -2.55. The summed E-state index contributed by atoms with van der Waals surface area (Å²) >= 11 is 0. The first-order valence-electron chi connectivity index (χ1n) is 11.6. The standard InChI is InChI=1S/C23H30N4O5/c1-13(19(29)26-22-24-3-2-4-25-22)32-20(30)18-8-17(28)12-27(18)21(31)23-9-14-5-15(10-23)7-16(6-14)11-23/h2-4,13-18,28H,5-12H2,1H3,(H,24,25,26,29)/t13?,14?,15?,16?,17?,18-,23?/m0/s1. The lowest BCUT2D eigenvalue weighted by atomic mass is 9.49. The number of hydrogen-bond donors (Lipinski definition) is 2. The highest BCUT2D eigenvalue weighted by Crippen LogP contribution is 2.60. The number of nitrogens with one attached hydrogen (secondary N) is 1. The lowest BCUT2D eigenvalue weighted by Crippen LogP contribution is -2.56. The third-order valence-corrected chi connectivity index (χ3v) is 7.77. The minimum atomic E-state index is -1.08. The fourth-order valence-electron chi connectivity index (χ4n) is 6.82. The van der Waals surface area contributed by atoms with Crippen molar-refractivity contribution in [3.8, 4) is 0 Å². The Morgan fingerprint density at radius 3 is 2.28 bits per heavy atom. The second-order valence-corrected chi connectivity index (χ2v) is 10.2. The molecule has 2 heterocycles. The molecular weight excluding hydrogens is 412 g/mol. The van der Waals surface area contributed by atoms with Gasteiger partial charge in [0.1, 0.15) is 6.04 Å². The van der Waals surface area contributed by atoms with E-state index < -0.39 is 35.5 Å². The van der Waals surface area contributed by atoms with Crippen molar-refractivity contribution < 1.29 is 24.2 Å². The van der Waals surface area contributed by atoms with Gasteiger partial charge in [0.2, 0.25) is 11.9 Å². The van der Waals surface area contributed by atoms with Gasteiger partial charge in [0.25, 0.3) is 5.91 Å². The summed E-state index contributed by atoms with van der Waals surface area (Å²) in [7, 11) is 0. The van der Waals surface area contributed by atoms with Crippen molar-refractivity contribution in [1.29, 1.82) is 0 Å². The van der Waals surface area contributed by atoms with E-state index >= 15 is 0 Å². The molecule has 32 heavy (non-hydrogen) atoms. The first-order chi connectivity index (χ1) is 15.3. The number of hydrogen-bond acceptors (Lipinski definition) is 7. The van der Waals surface area contributed by atoms with E-state index in [1.807, 2.05) is 0 Å². The predicted octanol–water partition coefficient (Wildman–Crippen LogP) is 1.52. The van der Waals surface area contributed by atoms with Gasteiger partial charge in [0.05, 0.1) is 11.5 Å². The third-order valence-electron chi connectivity index (χ3n) is 7.77. The summed E-state index contributed by atoms with van der Waals surface area (Å²) < 4.78 is 5.40. The van der Waals surface area contributed by atoms with Crippen molar-refractivity contribution in [3.63, 3.8) is 0 Å². The molecule has 2 amide bonds. The average Bonchev–Trinajstić information content (AvgIpc) is 3.14. The topological polar surface area (TPSA) is 122 Å². The van der Waals surface area contributed by atoms with E-state index in [4.69, 9.17) is 4.74 Å². The van der Waals surface area contributed by atoms with Crippen molar-refractivity contribution in [1.82, 2.24) is 14.9 Å². The smallest absolute Gasteiger partial charge is 0.329 e. The largest absolute Gasteiger partial charge is 0.451 e. The van der Waals surface area contributed by atoms with Crippen LogP contribution >= 0.6 is 0 Å². The average molecular weight is 443 g/mol. The van der Waals surface area contributed by atoms with Gasteiger partial charge in [-0.25, -0.2) is 14.8 Å². The number of likely N-dealkylation sites (tertiary alicyclic amines) is 1. The summed E-state index contributed by atoms with van der Waals surface area (Å²) in [5, 5.41) is 12.8. The highest BCUT2D eigenvalue weighted by atomic mass is 16.5. The molecule has 9 heteroatoms. The predicted molar refractivity (Wildman–Crippen MR) is 113 cm³/mol. The molecule has 1 aromatic heterocycles. The Morgan fingerprint density at radius 2 is 1.69 bits per heavy atom. The van der Waals surface area contributed by atoms with Gasteiger partial charge in [-0.1, -0.05) is 0 Å². The van der Waals surface area contributed by atoms with E-state index in [9.17, 15) is 19.5 Å². The highest BCUT2D eigenvalue weighted by Gasteiger charge is 2.57. The number of carbonyl (C=O) groups is 3. The van der Waals surface area contributed by atoms with Crippen molar-refractivity contribution in [3.05, 3.63) is 18.5 Å². The monoisotopic (exact) mass is 442 g/mol. The van der Waals surface area contributed by atoms with Crippen LogP contribution < -0.4 is 5.32 Å². The van der Waals surface area contributed by atoms with E-state index in [-0.39, 0.29) is 24.8 Å². The number of nitrogens with zero attached hydrogens (tertiary/aromatic N) is 3. The molecule has 1 aromatic rings. The van der Waals surface area contributed by atoms with E-state index in [1.54, 1.807) is 6.07 Å². The fourth-order valence-corrected chi connectivity index (χ4v) is 6.82. The van der Waals surface area contributed by atoms with Crippen molar-refractivity contribution in [2.75, 3.05) is 11.9 Å². The summed E-state index contributed by atoms with van der Waals surface area (Å²) in [4.78, 5) is 48.4. The minimum Gasteiger partial charge on any atom is -0.451 e. The molecule has 9 nitrogen and oxygen atoms in total. The van der Waals surface area contributed by atoms with Crippen LogP contribution in [0.15, 0.2) is 18.5 Å². The maximum absolute atomic E-state index is 13.7. The molecule has 1 saturated heterocycles. The summed E-state index contributed by atoms with van der Waals surface area (Å²) in [6, 6.07) is 0.758. The lowest BCUT2D eigenvalue weighted by molar-refractivity contribution is -0.168. The molecule has 4 saturated carbocycles. The van der Waals surface area contributed by atoms with Gasteiger partial charge in [-0.3, -0.25) is 14.9 Å². The van der Waals surface area contributed by atoms with Gasteiger partial charge in [0.15, 0.2) is 6.10 Å². The second kappa shape index (κ2) is 8.10. The van der Waals surface area contributed by atoms with Gasteiger partial charge in [-0.05, 0) is 69.3 Å². The van der Waals surface area contributed by atoms with Crippen LogP contribution in [0.1, 0.15) is 51.9 Å². The van der Waals surface area contributed by atoms with Crippen LogP contribution in [0.3, 0.4) is 0 Å². The van der Waals surface area contributed by atoms with Crippen LogP contribution in [0, 0.1) is 23.2 Å². The molecule has 4 bridgehead atoms. The first kappa shape index (κ1) is 21.3. The Labute approximate surface area is 186 Å². The Bertz CT molecular complexity index is 872. The zero-order valence-corrected chi connectivity index (χ0v) is 18.3. The number of amides is 2. The lowest BCUT2D eigenvalue weighted by Gasteiger charge is -2.56. The quantitative estimate of drug-likeness (QED) is 0.663. The number of aliphatic hydroxyl groups excluding tert-OH is 1. The van der Waals surface area contributed by atoms with Gasteiger partial charge < -0.3 is 14.7 Å². The normalized spacial score (nSPS) is 36.1. The van der Waals surface area contributed by atoms with Crippen LogP contribution in [-0.2, 0) is 19.1 Å². The zero-order chi connectivity index (χ0) is 22.5. The summed E-state index contributed by atoms with van der Waals surface area (Å²) in [6.45, 7) is 1.60. The minimum absolute atomic E-state index is 0.00936. The Balaban J connectivity index is 1.26. The number of anilines is 1. The van der Waals surface area contributed by atoms with Crippen LogP contribution in [0.4, 0.5) is 5.95 Å². The first-order valence-corrected chi connectivity index (χ1v) is 11.6. The number of β-amino-alcohol motifs (C(OH)–C–C–N with tert-alkyl or cyclic N) is 1. The second-order valence-electron chi connectivity index (χ2n) is 10.2. The highest BCUT2D eigenvalue weighted by molar-refractivity contribution is 5.95. The molecular formula is C23H30N4O5. The van der Waals surface area contributed by atoms with Crippen molar-refractivity contribution in [2.24, 2.45) is 23.2 Å². The number of rotatable bonds is 5. The van der Waals surface area contributed by atoms with Crippen molar-refractivity contribution >= 4 is 23.7 Å². The van der Waals surface area contributed by atoms with Crippen LogP contribution in [0.25, 0.3) is 0 Å². The van der Waals surface area contributed by atoms with Crippen LogP contribution in [-0.4, -0.2) is 62.6 Å². The van der Waals surface area contributed by atoms with E-state index in [0.717, 1.165) is 19.3 Å². The molecule has 2 N–H and O–H groups in total. The van der Waals surface area contributed by atoms with E-state index in [0.29, 0.717) is 17.8 Å². The molecule has 0 radical (unpaired) electrons. The van der Waals surface area contributed by atoms with Crippen LogP contribution in [0.2, 0.25) is 0 Å². The van der Waals surface area contributed by atoms with Gasteiger partial charge in [0, 0.05) is 25.4 Å². The van der Waals surface area contributed by atoms with Gasteiger partial charge in [-0.2, -0.15) is 0 Å². The Kier molecular flexibility index (Phi) is 5.39. The van der Waals surface area contributed by atoms with E-state index in [2.05, 4.69) is 15.3 Å². The summed E-state index contributed by atoms with van der Waals surface area (Å²) in [5.41, 5.74) is -0.398. The summed E-state index contributed by atoms with van der Waals surface area (Å²) in [6.07, 6.45) is 7.60. The van der Waals surface area contributed by atoms with Gasteiger partial charge in [-0.15, -0.1) is 0 Å². The molecule has 5 aliphatic rings. The molecule has 6 rings (SSSR count). The van der Waals surface area contributed by atoms with E-state index in [1.165, 1.54) is 43.5 Å².